The average Bonchev–Trinajstić information content (AvgIpc) is 3.03. The maximum atomic E-state index is 12.4. The molecule has 0 saturated heterocycles. The molecule has 1 heterocycles. The smallest absolute Gasteiger partial charge is 0.220 e. The van der Waals surface area contributed by atoms with E-state index in [0.717, 1.165) is 28.2 Å². The van der Waals surface area contributed by atoms with Crippen molar-refractivity contribution in [2.24, 2.45) is 0 Å². The first-order chi connectivity index (χ1) is 12.6. The molecular formula is C20H22ClN3OS. The topological polar surface area (TPSA) is 54.0 Å². The number of hydrogen-bond acceptors (Lipinski definition) is 4. The molecule has 2 N–H and O–H groups in total. The zero-order valence-electron chi connectivity index (χ0n) is 14.7. The number of carbonyl (C=O) groups excluding carboxylic acids is 1. The van der Waals surface area contributed by atoms with Crippen LogP contribution >= 0.6 is 22.9 Å². The van der Waals surface area contributed by atoms with Gasteiger partial charge in [0.1, 0.15) is 0 Å². The van der Waals surface area contributed by atoms with Crippen LogP contribution in [0, 0.1) is 0 Å². The van der Waals surface area contributed by atoms with Gasteiger partial charge in [-0.15, -0.1) is 11.3 Å². The first kappa shape index (κ1) is 18.8. The number of halogens is 1. The standard InChI is InChI=1S/C20H22ClN3OS/c1-22-13-16(11-14-5-3-2-4-6-14)23-19(25)9-10-20-24-17-8-7-15(21)12-18(17)26-20/h2-8,12,16,22H,9-11,13H2,1H3,(H,23,25). The number of likely N-dealkylation sites (N-methyl/N-ethyl adjacent to an activating group) is 1. The molecule has 0 saturated carbocycles. The molecule has 2 aromatic carbocycles. The van der Waals surface area contributed by atoms with Crippen molar-refractivity contribution in [3.05, 3.63) is 64.1 Å². The monoisotopic (exact) mass is 387 g/mol. The third-order valence-corrected chi connectivity index (χ3v) is 5.41. The molecule has 0 aliphatic rings. The highest BCUT2D eigenvalue weighted by Crippen LogP contribution is 2.25. The zero-order chi connectivity index (χ0) is 18.4. The van der Waals surface area contributed by atoms with Gasteiger partial charge in [-0.05, 0) is 37.2 Å². The Hall–Kier alpha value is -1.95. The molecule has 1 aromatic heterocycles. The van der Waals surface area contributed by atoms with Gasteiger partial charge in [0.2, 0.25) is 5.91 Å². The minimum Gasteiger partial charge on any atom is -0.352 e. The van der Waals surface area contributed by atoms with E-state index in [9.17, 15) is 4.79 Å². The van der Waals surface area contributed by atoms with E-state index >= 15 is 0 Å². The van der Waals surface area contributed by atoms with Crippen LogP contribution in [0.1, 0.15) is 17.0 Å². The Kier molecular flexibility index (Phi) is 6.61. The molecule has 1 atom stereocenters. The van der Waals surface area contributed by atoms with Crippen LogP contribution in [0.25, 0.3) is 10.2 Å². The lowest BCUT2D eigenvalue weighted by Gasteiger charge is -2.18. The van der Waals surface area contributed by atoms with Gasteiger partial charge < -0.3 is 10.6 Å². The Morgan fingerprint density at radius 3 is 2.81 bits per heavy atom. The van der Waals surface area contributed by atoms with E-state index in [0.29, 0.717) is 17.9 Å². The minimum atomic E-state index is 0.0541. The molecule has 4 nitrogen and oxygen atoms in total. The first-order valence-corrected chi connectivity index (χ1v) is 9.86. The van der Waals surface area contributed by atoms with Gasteiger partial charge >= 0.3 is 0 Å². The fourth-order valence-electron chi connectivity index (χ4n) is 2.89. The second-order valence-electron chi connectivity index (χ2n) is 6.23. The van der Waals surface area contributed by atoms with E-state index < -0.39 is 0 Å². The Labute approximate surface area is 162 Å². The van der Waals surface area contributed by atoms with Gasteiger partial charge in [0.25, 0.3) is 0 Å². The van der Waals surface area contributed by atoms with Crippen LogP contribution in [0.15, 0.2) is 48.5 Å². The lowest BCUT2D eigenvalue weighted by molar-refractivity contribution is -0.121. The van der Waals surface area contributed by atoms with Gasteiger partial charge in [-0.1, -0.05) is 41.9 Å². The average molecular weight is 388 g/mol. The third-order valence-electron chi connectivity index (χ3n) is 4.10. The van der Waals surface area contributed by atoms with Gasteiger partial charge in [-0.2, -0.15) is 0 Å². The number of carbonyl (C=O) groups is 1. The van der Waals surface area contributed by atoms with Gasteiger partial charge in [-0.25, -0.2) is 4.98 Å². The van der Waals surface area contributed by atoms with Crippen molar-refractivity contribution in [2.45, 2.75) is 25.3 Å². The summed E-state index contributed by atoms with van der Waals surface area (Å²) in [7, 11) is 1.90. The second kappa shape index (κ2) is 9.12. The minimum absolute atomic E-state index is 0.0541. The van der Waals surface area contributed by atoms with Crippen LogP contribution in [0.4, 0.5) is 0 Å². The van der Waals surface area contributed by atoms with Gasteiger partial charge in [0, 0.05) is 30.5 Å². The molecule has 0 fully saturated rings. The van der Waals surface area contributed by atoms with E-state index in [4.69, 9.17) is 11.6 Å². The number of nitrogens with zero attached hydrogens (tertiary/aromatic N) is 1. The molecular weight excluding hydrogens is 366 g/mol. The van der Waals surface area contributed by atoms with Crippen LogP contribution in [0.5, 0.6) is 0 Å². The molecule has 1 unspecified atom stereocenters. The summed E-state index contributed by atoms with van der Waals surface area (Å²) >= 11 is 7.62. The third kappa shape index (κ3) is 5.27. The number of benzene rings is 2. The lowest BCUT2D eigenvalue weighted by Crippen LogP contribution is -2.42. The molecule has 0 spiro atoms. The van der Waals surface area contributed by atoms with Crippen LogP contribution < -0.4 is 10.6 Å². The van der Waals surface area contributed by atoms with Gasteiger partial charge in [-0.3, -0.25) is 4.79 Å². The number of nitrogens with one attached hydrogen (secondary N) is 2. The van der Waals surface area contributed by atoms with Crippen molar-refractivity contribution in [1.82, 2.24) is 15.6 Å². The molecule has 0 bridgehead atoms. The number of rotatable bonds is 8. The maximum Gasteiger partial charge on any atom is 0.220 e. The van der Waals surface area contributed by atoms with Gasteiger partial charge in [0.05, 0.1) is 15.2 Å². The Balaban J connectivity index is 1.55. The van der Waals surface area contributed by atoms with Crippen LogP contribution in [-0.2, 0) is 17.6 Å². The summed E-state index contributed by atoms with van der Waals surface area (Å²) in [4.78, 5) is 17.0. The summed E-state index contributed by atoms with van der Waals surface area (Å²) in [6.45, 7) is 0.736. The van der Waals surface area contributed by atoms with Crippen molar-refractivity contribution in [3.8, 4) is 0 Å². The number of fused-ring (bicyclic) bond motifs is 1. The highest BCUT2D eigenvalue weighted by Gasteiger charge is 2.13. The molecule has 6 heteroatoms. The summed E-state index contributed by atoms with van der Waals surface area (Å²) in [5, 5.41) is 7.96. The maximum absolute atomic E-state index is 12.4. The molecule has 136 valence electrons. The Morgan fingerprint density at radius 1 is 1.23 bits per heavy atom. The number of aromatic nitrogens is 1. The molecule has 1 amide bonds. The fraction of sp³-hybridized carbons (Fsp3) is 0.300. The van der Waals surface area contributed by atoms with E-state index in [1.165, 1.54) is 5.56 Å². The van der Waals surface area contributed by atoms with Crippen LogP contribution in [0.2, 0.25) is 5.02 Å². The lowest BCUT2D eigenvalue weighted by atomic mass is 10.1. The molecule has 0 radical (unpaired) electrons. The van der Waals surface area contributed by atoms with Gasteiger partial charge in [0.15, 0.2) is 0 Å². The highest BCUT2D eigenvalue weighted by molar-refractivity contribution is 7.18. The van der Waals surface area contributed by atoms with Crippen molar-refractivity contribution < 1.29 is 4.79 Å². The molecule has 0 aliphatic heterocycles. The first-order valence-electron chi connectivity index (χ1n) is 8.67. The SMILES string of the molecule is CNCC(Cc1ccccc1)NC(=O)CCc1nc2ccc(Cl)cc2s1. The van der Waals surface area contributed by atoms with Crippen molar-refractivity contribution in [3.63, 3.8) is 0 Å². The van der Waals surface area contributed by atoms with Crippen LogP contribution in [0.3, 0.4) is 0 Å². The number of thiazole rings is 1. The molecule has 3 aromatic rings. The summed E-state index contributed by atoms with van der Waals surface area (Å²) in [6, 6.07) is 16.0. The fourth-order valence-corrected chi connectivity index (χ4v) is 4.14. The van der Waals surface area contributed by atoms with E-state index in [1.807, 2.05) is 43.4 Å². The molecule has 0 aliphatic carbocycles. The summed E-state index contributed by atoms with van der Waals surface area (Å²) in [5.41, 5.74) is 2.16. The Bertz CT molecular complexity index is 866. The van der Waals surface area contributed by atoms with E-state index in [1.54, 1.807) is 11.3 Å². The predicted octanol–water partition coefficient (Wildman–Crippen LogP) is 3.83. The van der Waals surface area contributed by atoms with Crippen molar-refractivity contribution in [2.75, 3.05) is 13.6 Å². The highest BCUT2D eigenvalue weighted by atomic mass is 35.5. The largest absolute Gasteiger partial charge is 0.352 e. The van der Waals surface area contributed by atoms with Crippen molar-refractivity contribution in [1.29, 1.82) is 0 Å². The van der Waals surface area contributed by atoms with E-state index in [-0.39, 0.29) is 11.9 Å². The summed E-state index contributed by atoms with van der Waals surface area (Å²) < 4.78 is 1.06. The number of hydrogen-bond donors (Lipinski definition) is 2. The normalized spacial score (nSPS) is 12.2. The van der Waals surface area contributed by atoms with E-state index in [2.05, 4.69) is 27.8 Å². The summed E-state index contributed by atoms with van der Waals surface area (Å²) in [6.07, 6.45) is 1.88. The quantitative estimate of drug-likeness (QED) is 0.617. The molecule has 3 rings (SSSR count). The zero-order valence-corrected chi connectivity index (χ0v) is 16.2. The second-order valence-corrected chi connectivity index (χ2v) is 7.78. The van der Waals surface area contributed by atoms with Crippen LogP contribution in [-0.4, -0.2) is 30.5 Å². The van der Waals surface area contributed by atoms with Crippen molar-refractivity contribution >= 4 is 39.1 Å². The Morgan fingerprint density at radius 2 is 2.04 bits per heavy atom. The predicted molar refractivity (Wildman–Crippen MR) is 109 cm³/mol. The number of amides is 1. The number of aryl methyl sites for hydroxylation is 1. The summed E-state index contributed by atoms with van der Waals surface area (Å²) in [5.74, 6) is 0.0541. The molecule has 26 heavy (non-hydrogen) atoms.